The van der Waals surface area contributed by atoms with Crippen molar-refractivity contribution in [2.75, 3.05) is 0 Å². The molecule has 1 aliphatic heterocycles. The lowest BCUT2D eigenvalue weighted by atomic mass is 9.98. The van der Waals surface area contributed by atoms with Crippen LogP contribution in [0, 0.1) is 0 Å². The Morgan fingerprint density at radius 1 is 0.643 bits per heavy atom. The van der Waals surface area contributed by atoms with Crippen LogP contribution in [0.25, 0.3) is 0 Å². The average Bonchev–Trinajstić information content (AvgIpc) is 3.74. The SMILES string of the molecule is C=CC(=O)OC(OC1CCCCCCCCC1)(OC1CCCCCCC2OC2C1)C(C)OC1CCCCCCCCC1. The van der Waals surface area contributed by atoms with Crippen molar-refractivity contribution in [3.8, 4) is 0 Å². The zero-order valence-electron chi connectivity index (χ0n) is 26.9. The van der Waals surface area contributed by atoms with Gasteiger partial charge in [0.25, 0.3) is 0 Å². The van der Waals surface area contributed by atoms with E-state index in [4.69, 9.17) is 23.7 Å². The zero-order chi connectivity index (χ0) is 29.5. The number of carbonyl (C=O) groups excluding carboxylic acids is 1. The van der Waals surface area contributed by atoms with Crippen molar-refractivity contribution >= 4 is 5.97 Å². The highest BCUT2D eigenvalue weighted by molar-refractivity contribution is 5.81. The summed E-state index contributed by atoms with van der Waals surface area (Å²) in [7, 11) is 0. The second-order valence-electron chi connectivity index (χ2n) is 13.7. The average molecular weight is 591 g/mol. The number of epoxide rings is 1. The number of hydrogen-bond acceptors (Lipinski definition) is 6. The fourth-order valence-electron chi connectivity index (χ4n) is 7.36. The molecule has 1 saturated heterocycles. The van der Waals surface area contributed by atoms with Gasteiger partial charge in [0, 0.05) is 12.5 Å². The molecule has 3 saturated carbocycles. The van der Waals surface area contributed by atoms with E-state index in [-0.39, 0.29) is 24.4 Å². The topological polar surface area (TPSA) is 66.5 Å². The number of rotatable bonds is 9. The summed E-state index contributed by atoms with van der Waals surface area (Å²) < 4.78 is 33.1. The van der Waals surface area contributed by atoms with Crippen LogP contribution < -0.4 is 0 Å². The molecule has 4 rings (SSSR count). The first-order valence-electron chi connectivity index (χ1n) is 18.1. The fourth-order valence-corrected chi connectivity index (χ4v) is 7.36. The molecule has 0 aromatic rings. The largest absolute Gasteiger partial charge is 0.402 e. The second-order valence-corrected chi connectivity index (χ2v) is 13.7. The van der Waals surface area contributed by atoms with Gasteiger partial charge in [-0.25, -0.2) is 4.79 Å². The van der Waals surface area contributed by atoms with Gasteiger partial charge in [0.05, 0.1) is 30.5 Å². The molecule has 0 amide bonds. The van der Waals surface area contributed by atoms with Gasteiger partial charge in [-0.2, -0.15) is 0 Å². The third kappa shape index (κ3) is 11.9. The summed E-state index contributed by atoms with van der Waals surface area (Å²) in [4.78, 5) is 13.0. The molecule has 6 heteroatoms. The maximum Gasteiger partial charge on any atom is 0.357 e. The third-order valence-corrected chi connectivity index (χ3v) is 10.0. The minimum Gasteiger partial charge on any atom is -0.402 e. The minimum atomic E-state index is -1.60. The Balaban J connectivity index is 1.57. The highest BCUT2D eigenvalue weighted by atomic mass is 16.9. The third-order valence-electron chi connectivity index (χ3n) is 10.0. The van der Waals surface area contributed by atoms with Crippen molar-refractivity contribution in [1.82, 2.24) is 0 Å². The first kappa shape index (κ1) is 33.9. The van der Waals surface area contributed by atoms with Crippen molar-refractivity contribution in [2.24, 2.45) is 0 Å². The summed E-state index contributed by atoms with van der Waals surface area (Å²) in [5.41, 5.74) is 0. The Hall–Kier alpha value is -0.950. The summed E-state index contributed by atoms with van der Waals surface area (Å²) >= 11 is 0. The molecule has 0 spiro atoms. The first-order chi connectivity index (χ1) is 20.6. The number of hydrogen-bond donors (Lipinski definition) is 0. The van der Waals surface area contributed by atoms with Crippen LogP contribution in [0.15, 0.2) is 12.7 Å². The molecule has 5 atom stereocenters. The minimum absolute atomic E-state index is 0.0414. The fraction of sp³-hybridized carbons (Fsp3) is 0.917. The van der Waals surface area contributed by atoms with E-state index in [2.05, 4.69) is 6.58 Å². The molecule has 0 bridgehead atoms. The van der Waals surface area contributed by atoms with Crippen LogP contribution in [-0.4, -0.2) is 48.6 Å². The van der Waals surface area contributed by atoms with Crippen molar-refractivity contribution < 1.29 is 28.5 Å². The molecular formula is C36H62O6. The molecule has 0 aromatic carbocycles. The molecular weight excluding hydrogens is 528 g/mol. The van der Waals surface area contributed by atoms with Crippen LogP contribution in [-0.2, 0) is 28.5 Å². The normalized spacial score (nSPS) is 30.5. The Morgan fingerprint density at radius 2 is 1.07 bits per heavy atom. The van der Waals surface area contributed by atoms with Crippen molar-refractivity contribution in [3.63, 3.8) is 0 Å². The molecule has 0 N–H and O–H groups in total. The molecule has 42 heavy (non-hydrogen) atoms. The van der Waals surface area contributed by atoms with Gasteiger partial charge in [-0.05, 0) is 45.4 Å². The summed E-state index contributed by atoms with van der Waals surface area (Å²) in [5, 5.41) is 0. The molecule has 4 aliphatic rings. The van der Waals surface area contributed by atoms with Gasteiger partial charge in [0.2, 0.25) is 0 Å². The lowest BCUT2D eigenvalue weighted by Crippen LogP contribution is -2.55. The van der Waals surface area contributed by atoms with E-state index in [9.17, 15) is 4.79 Å². The summed E-state index contributed by atoms with van der Waals surface area (Å²) in [6.07, 6.45) is 30.1. The molecule has 0 radical (unpaired) electrons. The Bertz CT molecular complexity index is 752. The standard InChI is InChI=1S/C36H62O6/c1-3-35(37)42-36(40-31-24-18-12-8-5-9-13-19-25-31,29(2)38-30-22-16-10-6-4-7-11-17-23-30)41-32-26-20-14-15-21-27-33-34(28-32)39-33/h3,29-34H,1,4-28H2,2H3. The van der Waals surface area contributed by atoms with E-state index in [1.807, 2.05) is 6.92 Å². The number of fused-ring (bicyclic) bond motifs is 1. The highest BCUT2D eigenvalue weighted by Gasteiger charge is 2.50. The van der Waals surface area contributed by atoms with E-state index in [0.29, 0.717) is 6.10 Å². The lowest BCUT2D eigenvalue weighted by molar-refractivity contribution is -0.425. The zero-order valence-corrected chi connectivity index (χ0v) is 26.9. The van der Waals surface area contributed by atoms with E-state index in [0.717, 1.165) is 64.2 Å². The van der Waals surface area contributed by atoms with Crippen molar-refractivity contribution in [3.05, 3.63) is 12.7 Å². The predicted molar refractivity (Wildman–Crippen MR) is 167 cm³/mol. The van der Waals surface area contributed by atoms with Crippen LogP contribution in [0.4, 0.5) is 0 Å². The molecule has 6 nitrogen and oxygen atoms in total. The van der Waals surface area contributed by atoms with E-state index < -0.39 is 18.0 Å². The smallest absolute Gasteiger partial charge is 0.357 e. The van der Waals surface area contributed by atoms with Gasteiger partial charge in [-0.1, -0.05) is 122 Å². The molecule has 242 valence electrons. The molecule has 5 unspecified atom stereocenters. The van der Waals surface area contributed by atoms with Gasteiger partial charge >= 0.3 is 11.9 Å². The summed E-state index contributed by atoms with van der Waals surface area (Å²) in [5.74, 6) is -2.12. The van der Waals surface area contributed by atoms with Crippen LogP contribution in [0.3, 0.4) is 0 Å². The van der Waals surface area contributed by atoms with Crippen LogP contribution in [0.2, 0.25) is 0 Å². The molecule has 3 aliphatic carbocycles. The monoisotopic (exact) mass is 590 g/mol. The Labute approximate surface area is 257 Å². The lowest BCUT2D eigenvalue weighted by Gasteiger charge is -2.42. The highest BCUT2D eigenvalue weighted by Crippen LogP contribution is 2.38. The summed E-state index contributed by atoms with van der Waals surface area (Å²) in [6.45, 7) is 5.73. The number of ether oxygens (including phenoxy) is 5. The quantitative estimate of drug-likeness (QED) is 0.115. The van der Waals surface area contributed by atoms with Gasteiger partial charge in [-0.3, -0.25) is 0 Å². The van der Waals surface area contributed by atoms with Crippen LogP contribution >= 0.6 is 0 Å². The van der Waals surface area contributed by atoms with Gasteiger partial charge < -0.3 is 23.7 Å². The molecule has 1 heterocycles. The molecule has 4 fully saturated rings. The van der Waals surface area contributed by atoms with Crippen LogP contribution in [0.1, 0.15) is 167 Å². The first-order valence-corrected chi connectivity index (χ1v) is 18.1. The molecule has 0 aromatic heterocycles. The Morgan fingerprint density at radius 3 is 1.60 bits per heavy atom. The Kier molecular flexibility index (Phi) is 15.2. The van der Waals surface area contributed by atoms with Gasteiger partial charge in [0.15, 0.2) is 0 Å². The van der Waals surface area contributed by atoms with Crippen molar-refractivity contribution in [2.45, 2.75) is 210 Å². The second kappa shape index (κ2) is 18.8. The summed E-state index contributed by atoms with van der Waals surface area (Å²) in [6, 6.07) is 0. The van der Waals surface area contributed by atoms with Gasteiger partial charge in [0.1, 0.15) is 6.10 Å². The predicted octanol–water partition coefficient (Wildman–Crippen LogP) is 9.47. The van der Waals surface area contributed by atoms with Crippen molar-refractivity contribution in [1.29, 1.82) is 0 Å². The number of esters is 1. The van der Waals surface area contributed by atoms with Gasteiger partial charge in [-0.15, -0.1) is 0 Å². The van der Waals surface area contributed by atoms with E-state index in [1.165, 1.54) is 102 Å². The van der Waals surface area contributed by atoms with E-state index >= 15 is 0 Å². The maximum atomic E-state index is 13.0. The number of carbonyl (C=O) groups is 1. The van der Waals surface area contributed by atoms with E-state index in [1.54, 1.807) is 0 Å². The van der Waals surface area contributed by atoms with Crippen LogP contribution in [0.5, 0.6) is 0 Å². The maximum absolute atomic E-state index is 13.0.